The van der Waals surface area contributed by atoms with Gasteiger partial charge in [0.2, 0.25) is 0 Å². The lowest BCUT2D eigenvalue weighted by molar-refractivity contribution is -0.245. The Morgan fingerprint density at radius 3 is 1.50 bits per heavy atom. The fraction of sp³-hybridized carbons (Fsp3) is 0.721. The fourth-order valence-electron chi connectivity index (χ4n) is 7.83. The molecule has 0 saturated carbocycles. The fourth-order valence-corrected chi connectivity index (χ4v) is 9.31. The maximum atomic E-state index is 7.48. The summed E-state index contributed by atoms with van der Waals surface area (Å²) >= 11 is 0. The third-order valence-electron chi connectivity index (χ3n) is 10.9. The molecule has 8 nitrogen and oxygen atoms in total. The minimum absolute atomic E-state index is 0.104. The topological polar surface area (TPSA) is 81.7 Å². The molecule has 1 aromatic heterocycles. The molecule has 52 heavy (non-hydrogen) atoms. The van der Waals surface area contributed by atoms with Crippen molar-refractivity contribution in [2.45, 2.75) is 188 Å². The van der Waals surface area contributed by atoms with E-state index in [1.807, 2.05) is 27.7 Å². The summed E-state index contributed by atoms with van der Waals surface area (Å²) in [5, 5.41) is 2.04. The Kier molecular flexibility index (Phi) is 9.61. The monoisotopic (exact) mass is 740 g/mol. The van der Waals surface area contributed by atoms with E-state index in [1.165, 1.54) is 11.1 Å². The van der Waals surface area contributed by atoms with E-state index >= 15 is 0 Å². The maximum absolute atomic E-state index is 7.48. The lowest BCUT2D eigenvalue weighted by atomic mass is 9.77. The molecule has 9 heteroatoms. The van der Waals surface area contributed by atoms with Crippen molar-refractivity contribution in [3.05, 3.63) is 46.5 Å². The summed E-state index contributed by atoms with van der Waals surface area (Å²) in [6.07, 6.45) is -2.27. The first-order chi connectivity index (χ1) is 23.5. The molecular formula is C43H65O8P. The van der Waals surface area contributed by atoms with Crippen molar-refractivity contribution in [3.63, 3.8) is 0 Å². The second-order valence-electron chi connectivity index (χ2n) is 20.7. The minimum Gasteiger partial charge on any atom is -0.399 e. The van der Waals surface area contributed by atoms with Crippen molar-refractivity contribution in [3.8, 4) is 0 Å². The highest BCUT2D eigenvalue weighted by molar-refractivity contribution is 7.31. The largest absolute Gasteiger partial charge is 0.399 e. The van der Waals surface area contributed by atoms with Crippen LogP contribution in [0.15, 0.2) is 32.7 Å². The summed E-state index contributed by atoms with van der Waals surface area (Å²) in [5.41, 5.74) is 4.46. The summed E-state index contributed by atoms with van der Waals surface area (Å²) in [5.74, 6) is -1.77. The van der Waals surface area contributed by atoms with Gasteiger partial charge in [-0.1, -0.05) is 109 Å². The van der Waals surface area contributed by atoms with E-state index in [-0.39, 0.29) is 27.6 Å². The van der Waals surface area contributed by atoms with Gasteiger partial charge < -0.3 is 32.1 Å². The van der Waals surface area contributed by atoms with Gasteiger partial charge in [-0.15, -0.1) is 0 Å². The SMILES string of the molecule is CC(C)[C@@]1(Op2oc3c(C(C)(C)C)cc(C(C)(C)C)cc3c3cc(C(C)(C)C)cc(C(C)(C)C)c3o2)[C@@H]([C@H]2COC(C)(C)O2)O[C@@H]2OC(C)(C)O[C@@H]21. The van der Waals surface area contributed by atoms with E-state index in [0.717, 1.165) is 33.1 Å². The quantitative estimate of drug-likeness (QED) is 0.261. The van der Waals surface area contributed by atoms with Crippen molar-refractivity contribution in [2.75, 3.05) is 6.61 Å². The molecule has 3 saturated heterocycles. The van der Waals surface area contributed by atoms with Gasteiger partial charge in [-0.2, -0.15) is 0 Å². The molecule has 0 unspecified atom stereocenters. The first-order valence-electron chi connectivity index (χ1n) is 19.1. The molecule has 0 bridgehead atoms. The van der Waals surface area contributed by atoms with Gasteiger partial charge in [-0.25, -0.2) is 0 Å². The second kappa shape index (κ2) is 12.6. The van der Waals surface area contributed by atoms with E-state index in [0.29, 0.717) is 6.61 Å². The van der Waals surface area contributed by atoms with Crippen molar-refractivity contribution >= 4 is 30.2 Å². The van der Waals surface area contributed by atoms with Crippen molar-refractivity contribution < 1.29 is 36.6 Å². The lowest BCUT2D eigenvalue weighted by Crippen LogP contribution is -2.60. The highest BCUT2D eigenvalue weighted by atomic mass is 31.1. The third kappa shape index (κ3) is 7.16. The summed E-state index contributed by atoms with van der Waals surface area (Å²) in [6.45, 7) is 39.3. The molecular weight excluding hydrogens is 675 g/mol. The Balaban J connectivity index is 1.74. The normalized spacial score (nSPS) is 28.0. The Bertz CT molecular complexity index is 1780. The van der Waals surface area contributed by atoms with Crippen molar-refractivity contribution in [1.29, 1.82) is 0 Å². The van der Waals surface area contributed by atoms with Crippen LogP contribution in [0.4, 0.5) is 0 Å². The smallest absolute Gasteiger partial charge is 0.388 e. The molecule has 6 rings (SSSR count). The molecule has 3 fully saturated rings. The molecule has 4 heterocycles. The van der Waals surface area contributed by atoms with Gasteiger partial charge in [-0.05, 0) is 78.5 Å². The van der Waals surface area contributed by atoms with Crippen LogP contribution in [0.5, 0.6) is 0 Å². The number of benzene rings is 2. The van der Waals surface area contributed by atoms with Gasteiger partial charge in [0.1, 0.15) is 35.1 Å². The number of rotatable bonds is 4. The zero-order valence-electron chi connectivity index (χ0n) is 35.1. The second-order valence-corrected chi connectivity index (χ2v) is 21.6. The molecule has 0 radical (unpaired) electrons. The van der Waals surface area contributed by atoms with Gasteiger partial charge in [0, 0.05) is 21.9 Å². The zero-order chi connectivity index (χ0) is 38.8. The standard InChI is InChI=1S/C43H65O8P/c1-24(2)43(34(31-23-44-41(15,16)46-31)45-36-35(43)47-42(17,18)48-36)51-52-49-32-27(19-25(37(3,4)5)21-29(32)39(9,10)11)28-20-26(38(6,7)8)22-30(33(28)50-52)40(12,13)14/h19-22,24,31,34-36H,23H2,1-18H3/t31-,34-,35+,36-,43-/m1/s1. The van der Waals surface area contributed by atoms with Gasteiger partial charge in [0.25, 0.3) is 0 Å². The molecule has 3 aliphatic heterocycles. The first kappa shape index (κ1) is 39.8. The average molecular weight is 741 g/mol. The number of hydrogen-bond donors (Lipinski definition) is 0. The summed E-state index contributed by atoms with van der Waals surface area (Å²) < 4.78 is 54.4. The first-order valence-corrected chi connectivity index (χ1v) is 20.2. The predicted molar refractivity (Wildman–Crippen MR) is 209 cm³/mol. The number of ether oxygens (including phenoxy) is 5. The molecule has 5 atom stereocenters. The summed E-state index contributed by atoms with van der Waals surface area (Å²) in [7, 11) is -2.10. The van der Waals surface area contributed by atoms with E-state index in [4.69, 9.17) is 36.6 Å². The van der Waals surface area contributed by atoms with Gasteiger partial charge in [0.15, 0.2) is 17.9 Å². The van der Waals surface area contributed by atoms with Crippen LogP contribution in [0.1, 0.15) is 147 Å². The number of hydrogen-bond acceptors (Lipinski definition) is 8. The van der Waals surface area contributed by atoms with Crippen LogP contribution in [0.25, 0.3) is 21.9 Å². The Morgan fingerprint density at radius 2 is 1.12 bits per heavy atom. The highest BCUT2D eigenvalue weighted by Crippen LogP contribution is 2.54. The van der Waals surface area contributed by atoms with E-state index in [1.54, 1.807) is 0 Å². The molecule has 3 aromatic rings. The molecule has 2 aromatic carbocycles. The predicted octanol–water partition coefficient (Wildman–Crippen LogP) is 11.3. The van der Waals surface area contributed by atoms with Crippen LogP contribution in [-0.4, -0.2) is 48.4 Å². The number of fused-ring (bicyclic) bond motifs is 4. The van der Waals surface area contributed by atoms with Crippen LogP contribution in [0.2, 0.25) is 0 Å². The minimum atomic E-state index is -2.10. The lowest BCUT2D eigenvalue weighted by Gasteiger charge is -2.41. The third-order valence-corrected chi connectivity index (χ3v) is 12.0. The molecule has 0 spiro atoms. The van der Waals surface area contributed by atoms with Crippen LogP contribution in [0, 0.1) is 5.92 Å². The summed E-state index contributed by atoms with van der Waals surface area (Å²) in [4.78, 5) is 0. The zero-order valence-corrected chi connectivity index (χ0v) is 36.0. The molecule has 0 amide bonds. The molecule has 0 N–H and O–H groups in total. The Labute approximate surface area is 313 Å². The van der Waals surface area contributed by atoms with Crippen LogP contribution in [0.3, 0.4) is 0 Å². The van der Waals surface area contributed by atoms with Gasteiger partial charge >= 0.3 is 8.24 Å². The van der Waals surface area contributed by atoms with Crippen molar-refractivity contribution in [1.82, 2.24) is 0 Å². The Morgan fingerprint density at radius 1 is 0.635 bits per heavy atom. The van der Waals surface area contributed by atoms with Crippen molar-refractivity contribution in [2.24, 2.45) is 5.92 Å². The molecule has 290 valence electrons. The maximum Gasteiger partial charge on any atom is 0.388 e. The van der Waals surface area contributed by atoms with E-state index < -0.39 is 50.0 Å². The van der Waals surface area contributed by atoms with Crippen LogP contribution in [-0.2, 0) is 45.3 Å². The van der Waals surface area contributed by atoms with Crippen LogP contribution >= 0.6 is 8.24 Å². The van der Waals surface area contributed by atoms with E-state index in [9.17, 15) is 0 Å². The highest BCUT2D eigenvalue weighted by Gasteiger charge is 2.69. The van der Waals surface area contributed by atoms with Gasteiger partial charge in [-0.3, -0.25) is 4.52 Å². The van der Waals surface area contributed by atoms with E-state index in [2.05, 4.69) is 121 Å². The van der Waals surface area contributed by atoms with Gasteiger partial charge in [0.05, 0.1) is 6.61 Å². The van der Waals surface area contributed by atoms with Crippen LogP contribution < -0.4 is 4.52 Å². The molecule has 0 aliphatic carbocycles. The average Bonchev–Trinajstić information content (AvgIpc) is 3.53. The Hall–Kier alpha value is -1.90. The molecule has 3 aliphatic rings. The summed E-state index contributed by atoms with van der Waals surface area (Å²) in [6, 6.07) is 9.24.